The summed E-state index contributed by atoms with van der Waals surface area (Å²) in [4.78, 5) is 17.6. The zero-order valence-corrected chi connectivity index (χ0v) is 18.5. The summed E-state index contributed by atoms with van der Waals surface area (Å²) in [5, 5.41) is 2.95. The molecular formula is C22H29F3N6O. The van der Waals surface area contributed by atoms with Crippen molar-refractivity contribution in [1.82, 2.24) is 15.0 Å². The second-order valence-electron chi connectivity index (χ2n) is 8.47. The number of aromatic nitrogens is 3. The van der Waals surface area contributed by atoms with Crippen molar-refractivity contribution in [2.24, 2.45) is 0 Å². The third-order valence-electron chi connectivity index (χ3n) is 5.60. The maximum absolute atomic E-state index is 14.0. The number of morpholine rings is 1. The van der Waals surface area contributed by atoms with Crippen LogP contribution in [0.15, 0.2) is 18.3 Å². The minimum Gasteiger partial charge on any atom is -0.378 e. The van der Waals surface area contributed by atoms with Gasteiger partial charge in [0.15, 0.2) is 0 Å². The minimum absolute atomic E-state index is 0.0351. The first-order valence-electron chi connectivity index (χ1n) is 11.1. The van der Waals surface area contributed by atoms with E-state index >= 15 is 0 Å². The second-order valence-corrected chi connectivity index (χ2v) is 8.47. The fraction of sp³-hybridized carbons (Fsp3) is 0.591. The number of nitrogens with one attached hydrogen (secondary N) is 1. The summed E-state index contributed by atoms with van der Waals surface area (Å²) in [5.41, 5.74) is -0.563. The highest BCUT2D eigenvalue weighted by atomic mass is 19.4. The fourth-order valence-electron chi connectivity index (χ4n) is 4.02. The van der Waals surface area contributed by atoms with E-state index in [2.05, 4.69) is 20.2 Å². The van der Waals surface area contributed by atoms with E-state index in [1.807, 2.05) is 18.7 Å². The van der Waals surface area contributed by atoms with Crippen molar-refractivity contribution in [3.05, 3.63) is 23.9 Å². The summed E-state index contributed by atoms with van der Waals surface area (Å²) in [6.07, 6.45) is -0.0501. The molecule has 0 unspecified atom stereocenters. The second kappa shape index (κ2) is 9.48. The molecular weight excluding hydrogens is 421 g/mol. The van der Waals surface area contributed by atoms with E-state index in [1.165, 1.54) is 6.20 Å². The average molecular weight is 451 g/mol. The summed E-state index contributed by atoms with van der Waals surface area (Å²) in [7, 11) is 0. The summed E-state index contributed by atoms with van der Waals surface area (Å²) in [6.45, 7) is 7.66. The molecule has 7 nitrogen and oxygen atoms in total. The lowest BCUT2D eigenvalue weighted by atomic mass is 10.1. The molecule has 2 fully saturated rings. The maximum Gasteiger partial charge on any atom is 0.417 e. The van der Waals surface area contributed by atoms with Gasteiger partial charge < -0.3 is 19.9 Å². The Hall–Kier alpha value is -2.62. The first-order valence-corrected chi connectivity index (χ1v) is 11.1. The summed E-state index contributed by atoms with van der Waals surface area (Å²) >= 11 is 0. The van der Waals surface area contributed by atoms with Gasteiger partial charge in [0.25, 0.3) is 0 Å². The third kappa shape index (κ3) is 5.23. The van der Waals surface area contributed by atoms with E-state index in [9.17, 15) is 13.2 Å². The quantitative estimate of drug-likeness (QED) is 0.732. The number of anilines is 3. The molecule has 1 N–H and O–H groups in total. The van der Waals surface area contributed by atoms with Crippen LogP contribution in [-0.4, -0.2) is 60.4 Å². The molecule has 2 aromatic rings. The molecule has 0 bridgehead atoms. The van der Waals surface area contributed by atoms with Crippen LogP contribution < -0.4 is 15.1 Å². The number of hydrogen-bond acceptors (Lipinski definition) is 7. The number of rotatable bonds is 5. The van der Waals surface area contributed by atoms with Crippen molar-refractivity contribution in [3.8, 4) is 11.3 Å². The van der Waals surface area contributed by atoms with Gasteiger partial charge in [-0.15, -0.1) is 0 Å². The van der Waals surface area contributed by atoms with Gasteiger partial charge in [-0.05, 0) is 39.2 Å². The molecule has 10 heteroatoms. The van der Waals surface area contributed by atoms with Gasteiger partial charge in [0, 0.05) is 50.0 Å². The smallest absolute Gasteiger partial charge is 0.378 e. The maximum atomic E-state index is 14.0. The monoisotopic (exact) mass is 450 g/mol. The lowest BCUT2D eigenvalue weighted by Gasteiger charge is -2.31. The van der Waals surface area contributed by atoms with Crippen molar-refractivity contribution in [1.29, 1.82) is 0 Å². The van der Waals surface area contributed by atoms with Crippen LogP contribution in [0.5, 0.6) is 0 Å². The molecule has 0 spiro atoms. The number of alkyl halides is 3. The molecule has 0 radical (unpaired) electrons. The van der Waals surface area contributed by atoms with Gasteiger partial charge in [0.2, 0.25) is 5.95 Å². The topological polar surface area (TPSA) is 66.4 Å². The van der Waals surface area contributed by atoms with E-state index in [-0.39, 0.29) is 23.1 Å². The highest BCUT2D eigenvalue weighted by Crippen LogP contribution is 2.38. The van der Waals surface area contributed by atoms with Crippen LogP contribution in [0.1, 0.15) is 38.7 Å². The summed E-state index contributed by atoms with van der Waals surface area (Å²) < 4.78 is 47.5. The molecule has 2 saturated heterocycles. The van der Waals surface area contributed by atoms with Crippen LogP contribution in [0.3, 0.4) is 0 Å². The number of ether oxygens (including phenoxy) is 1. The minimum atomic E-state index is -4.54. The van der Waals surface area contributed by atoms with Gasteiger partial charge in [-0.2, -0.15) is 18.2 Å². The molecule has 4 heterocycles. The average Bonchev–Trinajstić information content (AvgIpc) is 2.79. The van der Waals surface area contributed by atoms with Gasteiger partial charge >= 0.3 is 6.18 Å². The molecule has 2 aliphatic heterocycles. The Labute approximate surface area is 186 Å². The van der Waals surface area contributed by atoms with Crippen molar-refractivity contribution in [3.63, 3.8) is 0 Å². The molecule has 4 rings (SSSR count). The van der Waals surface area contributed by atoms with Gasteiger partial charge in [0.05, 0.1) is 24.5 Å². The van der Waals surface area contributed by atoms with Gasteiger partial charge in [-0.1, -0.05) is 0 Å². The third-order valence-corrected chi connectivity index (χ3v) is 5.60. The van der Waals surface area contributed by atoms with Gasteiger partial charge in [-0.3, -0.25) is 0 Å². The molecule has 0 aliphatic carbocycles. The molecule has 0 amide bonds. The first kappa shape index (κ1) is 22.6. The Kier molecular flexibility index (Phi) is 6.68. The van der Waals surface area contributed by atoms with Gasteiger partial charge in [-0.25, -0.2) is 9.97 Å². The molecule has 0 atom stereocenters. The van der Waals surface area contributed by atoms with Crippen LogP contribution in [0.2, 0.25) is 0 Å². The van der Waals surface area contributed by atoms with Crippen LogP contribution in [-0.2, 0) is 10.9 Å². The Morgan fingerprint density at radius 2 is 1.69 bits per heavy atom. The first-order chi connectivity index (χ1) is 15.3. The SMILES string of the molecule is CC(C)Nc1cc(C(F)(F)F)c(-c2cc(N3CCCCC3)nc(N3CCOCC3)n2)cn1. The zero-order valence-electron chi connectivity index (χ0n) is 18.5. The highest BCUT2D eigenvalue weighted by molar-refractivity contribution is 5.70. The van der Waals surface area contributed by atoms with Crippen molar-refractivity contribution >= 4 is 17.6 Å². The van der Waals surface area contributed by atoms with E-state index < -0.39 is 11.7 Å². The number of hydrogen-bond donors (Lipinski definition) is 1. The number of halogens is 3. The molecule has 32 heavy (non-hydrogen) atoms. The molecule has 0 aromatic carbocycles. The standard InChI is InChI=1S/C22H29F3N6O/c1-15(2)27-19-12-17(22(23,24)25)16(14-26-19)18-13-20(30-6-4-3-5-7-30)29-21(28-18)31-8-10-32-11-9-31/h12-15H,3-11H2,1-2H3,(H,26,27). The Bertz CT molecular complexity index is 888. The van der Waals surface area contributed by atoms with Crippen LogP contribution in [0.25, 0.3) is 11.3 Å². The number of nitrogens with zero attached hydrogens (tertiary/aromatic N) is 5. The van der Waals surface area contributed by atoms with E-state index in [0.717, 1.165) is 38.4 Å². The lowest BCUT2D eigenvalue weighted by molar-refractivity contribution is -0.137. The summed E-state index contributed by atoms with van der Waals surface area (Å²) in [6, 6.07) is 2.69. The van der Waals surface area contributed by atoms with Crippen molar-refractivity contribution in [2.45, 2.75) is 45.3 Å². The van der Waals surface area contributed by atoms with Crippen LogP contribution >= 0.6 is 0 Å². The van der Waals surface area contributed by atoms with Crippen LogP contribution in [0, 0.1) is 0 Å². The Balaban J connectivity index is 1.80. The molecule has 174 valence electrons. The summed E-state index contributed by atoms with van der Waals surface area (Å²) in [5.74, 6) is 1.28. The van der Waals surface area contributed by atoms with Crippen LogP contribution in [0.4, 0.5) is 30.8 Å². The van der Waals surface area contributed by atoms with E-state index in [0.29, 0.717) is 38.1 Å². The number of pyridine rings is 1. The predicted octanol–water partition coefficient (Wildman–Crippen LogP) is 4.20. The van der Waals surface area contributed by atoms with Gasteiger partial charge in [0.1, 0.15) is 11.6 Å². The number of piperidine rings is 1. The Morgan fingerprint density at radius 3 is 2.34 bits per heavy atom. The fourth-order valence-corrected chi connectivity index (χ4v) is 4.02. The van der Waals surface area contributed by atoms with E-state index in [1.54, 1.807) is 6.07 Å². The zero-order chi connectivity index (χ0) is 22.7. The largest absolute Gasteiger partial charge is 0.417 e. The molecule has 0 saturated carbocycles. The Morgan fingerprint density at radius 1 is 0.969 bits per heavy atom. The van der Waals surface area contributed by atoms with E-state index in [4.69, 9.17) is 9.72 Å². The predicted molar refractivity (Wildman–Crippen MR) is 118 cm³/mol. The highest BCUT2D eigenvalue weighted by Gasteiger charge is 2.35. The van der Waals surface area contributed by atoms with Crippen molar-refractivity contribution < 1.29 is 17.9 Å². The normalized spacial score (nSPS) is 17.7. The molecule has 2 aliphatic rings. The molecule has 2 aromatic heterocycles. The lowest BCUT2D eigenvalue weighted by Crippen LogP contribution is -2.38. The van der Waals surface area contributed by atoms with Crippen molar-refractivity contribution in [2.75, 3.05) is 54.5 Å².